The van der Waals surface area contributed by atoms with E-state index in [1.54, 1.807) is 18.2 Å². The highest BCUT2D eigenvalue weighted by Gasteiger charge is 2.35. The SMILES string of the molecule is Cc1c(C)c2c(c(C)c1OC(=O)c1cc(N)cc(N)c1)CCC(C)(CCCC(C)CCC(C)CCC(C)C)O2. The number of esters is 1. The van der Waals surface area contributed by atoms with Crippen LogP contribution in [0.25, 0.3) is 0 Å². The summed E-state index contributed by atoms with van der Waals surface area (Å²) in [4.78, 5) is 13.0. The molecule has 5 heteroatoms. The standard InChI is InChI=1S/C34H52N2O3/c1-21(2)11-12-23(4)14-13-22(3)10-9-16-34(8)17-15-30-26(7)31(24(5)25(6)32(30)39-34)38-33(37)27-18-28(35)20-29(36)19-27/h18-23H,9-17,35-36H2,1-8H3. The van der Waals surface area contributed by atoms with Gasteiger partial charge in [-0.2, -0.15) is 0 Å². The molecule has 0 radical (unpaired) electrons. The zero-order valence-corrected chi connectivity index (χ0v) is 25.7. The first-order valence-electron chi connectivity index (χ1n) is 15.0. The molecule has 5 nitrogen and oxygen atoms in total. The van der Waals surface area contributed by atoms with Crippen LogP contribution in [0.5, 0.6) is 11.5 Å². The van der Waals surface area contributed by atoms with E-state index >= 15 is 0 Å². The second-order valence-electron chi connectivity index (χ2n) is 13.0. The fourth-order valence-corrected chi connectivity index (χ4v) is 5.86. The number of rotatable bonds is 12. The van der Waals surface area contributed by atoms with Crippen LogP contribution in [0.2, 0.25) is 0 Å². The number of nitrogen functional groups attached to an aromatic ring is 2. The lowest BCUT2D eigenvalue weighted by molar-refractivity contribution is 0.0508. The predicted molar refractivity (Wildman–Crippen MR) is 164 cm³/mol. The molecule has 1 aliphatic rings. The molecule has 4 N–H and O–H groups in total. The molecule has 3 unspecified atom stereocenters. The highest BCUT2D eigenvalue weighted by molar-refractivity contribution is 5.93. The van der Waals surface area contributed by atoms with Crippen molar-refractivity contribution >= 4 is 17.3 Å². The molecule has 3 atom stereocenters. The summed E-state index contributed by atoms with van der Waals surface area (Å²) in [6, 6.07) is 4.82. The molecule has 3 rings (SSSR count). The zero-order valence-electron chi connectivity index (χ0n) is 25.7. The van der Waals surface area contributed by atoms with Crippen molar-refractivity contribution < 1.29 is 14.3 Å². The van der Waals surface area contributed by atoms with Crippen molar-refractivity contribution in [3.8, 4) is 11.5 Å². The van der Waals surface area contributed by atoms with Crippen molar-refractivity contribution in [3.63, 3.8) is 0 Å². The number of benzene rings is 2. The van der Waals surface area contributed by atoms with E-state index in [1.807, 2.05) is 13.8 Å². The molecule has 216 valence electrons. The molecular weight excluding hydrogens is 484 g/mol. The molecule has 0 saturated heterocycles. The molecule has 0 amide bonds. The van der Waals surface area contributed by atoms with Crippen LogP contribution in [-0.2, 0) is 6.42 Å². The molecule has 39 heavy (non-hydrogen) atoms. The lowest BCUT2D eigenvalue weighted by Crippen LogP contribution is -2.37. The Labute approximate surface area is 237 Å². The summed E-state index contributed by atoms with van der Waals surface area (Å²) in [5.41, 5.74) is 16.9. The van der Waals surface area contributed by atoms with Crippen molar-refractivity contribution in [1.29, 1.82) is 0 Å². The van der Waals surface area contributed by atoms with Crippen molar-refractivity contribution in [2.75, 3.05) is 11.5 Å². The van der Waals surface area contributed by atoms with Crippen molar-refractivity contribution in [1.82, 2.24) is 0 Å². The monoisotopic (exact) mass is 536 g/mol. The average Bonchev–Trinajstić information content (AvgIpc) is 2.86. The lowest BCUT2D eigenvalue weighted by atomic mass is 9.83. The summed E-state index contributed by atoms with van der Waals surface area (Å²) in [6.07, 6.45) is 10.7. The third kappa shape index (κ3) is 8.16. The van der Waals surface area contributed by atoms with Gasteiger partial charge in [0.05, 0.1) is 5.56 Å². The molecule has 0 saturated carbocycles. The van der Waals surface area contributed by atoms with Crippen LogP contribution in [0.15, 0.2) is 18.2 Å². The van der Waals surface area contributed by atoms with Crippen LogP contribution >= 0.6 is 0 Å². The Bertz CT molecular complexity index is 1140. The number of hydrogen-bond donors (Lipinski definition) is 2. The van der Waals surface area contributed by atoms with Crippen molar-refractivity contribution in [3.05, 3.63) is 46.0 Å². The van der Waals surface area contributed by atoms with Gasteiger partial charge in [0.1, 0.15) is 17.1 Å². The maximum Gasteiger partial charge on any atom is 0.343 e. The second kappa shape index (κ2) is 13.1. The van der Waals surface area contributed by atoms with E-state index in [9.17, 15) is 4.79 Å². The first-order valence-corrected chi connectivity index (χ1v) is 15.0. The summed E-state index contributed by atoms with van der Waals surface area (Å²) >= 11 is 0. The quantitative estimate of drug-likeness (QED) is 0.161. The zero-order chi connectivity index (χ0) is 28.9. The topological polar surface area (TPSA) is 87.6 Å². The van der Waals surface area contributed by atoms with Crippen LogP contribution in [0.4, 0.5) is 11.4 Å². The lowest BCUT2D eigenvalue weighted by Gasteiger charge is -2.38. The van der Waals surface area contributed by atoms with Gasteiger partial charge < -0.3 is 20.9 Å². The van der Waals surface area contributed by atoms with Gasteiger partial charge in [-0.05, 0) is 106 Å². The van der Waals surface area contributed by atoms with Crippen molar-refractivity contribution in [2.24, 2.45) is 17.8 Å². The maximum atomic E-state index is 13.0. The Morgan fingerprint density at radius 2 is 1.49 bits per heavy atom. The van der Waals surface area contributed by atoms with Gasteiger partial charge in [-0.15, -0.1) is 0 Å². The highest BCUT2D eigenvalue weighted by atomic mass is 16.5. The molecule has 0 fully saturated rings. The summed E-state index contributed by atoms with van der Waals surface area (Å²) < 4.78 is 12.7. The molecule has 2 aromatic carbocycles. The molecule has 0 aliphatic carbocycles. The molecule has 0 aromatic heterocycles. The number of nitrogens with two attached hydrogens (primary N) is 2. The molecule has 1 heterocycles. The minimum Gasteiger partial charge on any atom is -0.487 e. The number of hydrogen-bond acceptors (Lipinski definition) is 5. The Morgan fingerprint density at radius 3 is 2.10 bits per heavy atom. The predicted octanol–water partition coefficient (Wildman–Crippen LogP) is 8.74. The normalized spacial score (nSPS) is 18.4. The fourth-order valence-electron chi connectivity index (χ4n) is 5.86. The number of anilines is 2. The minimum absolute atomic E-state index is 0.168. The van der Waals surface area contributed by atoms with E-state index in [0.29, 0.717) is 22.7 Å². The van der Waals surface area contributed by atoms with E-state index in [4.69, 9.17) is 20.9 Å². The van der Waals surface area contributed by atoms with E-state index in [-0.39, 0.29) is 5.60 Å². The van der Waals surface area contributed by atoms with Gasteiger partial charge in [-0.3, -0.25) is 0 Å². The molecule has 2 aromatic rings. The Hall–Kier alpha value is -2.69. The Morgan fingerprint density at radius 1 is 0.897 bits per heavy atom. The first-order chi connectivity index (χ1) is 18.3. The molecule has 0 bridgehead atoms. The van der Waals surface area contributed by atoms with Crippen molar-refractivity contribution in [2.45, 2.75) is 119 Å². The largest absolute Gasteiger partial charge is 0.487 e. The minimum atomic E-state index is -0.454. The van der Waals surface area contributed by atoms with Crippen LogP contribution < -0.4 is 20.9 Å². The van der Waals surface area contributed by atoms with Gasteiger partial charge in [0, 0.05) is 16.9 Å². The summed E-state index contributed by atoms with van der Waals surface area (Å²) in [5, 5.41) is 0. The van der Waals surface area contributed by atoms with Gasteiger partial charge in [0.15, 0.2) is 0 Å². The Balaban J connectivity index is 1.62. The fraction of sp³-hybridized carbons (Fsp3) is 0.618. The van der Waals surface area contributed by atoms with Crippen LogP contribution in [-0.4, -0.2) is 11.6 Å². The van der Waals surface area contributed by atoms with Crippen LogP contribution in [0.1, 0.15) is 119 Å². The number of carbonyl (C=O) groups is 1. The van der Waals surface area contributed by atoms with Gasteiger partial charge in [-0.25, -0.2) is 4.79 Å². The van der Waals surface area contributed by atoms with Gasteiger partial charge in [0.25, 0.3) is 0 Å². The first kappa shape index (κ1) is 30.8. The number of carbonyl (C=O) groups excluding carboxylic acids is 1. The van der Waals surface area contributed by atoms with E-state index < -0.39 is 5.97 Å². The summed E-state index contributed by atoms with van der Waals surface area (Å²) in [5.74, 6) is 3.51. The van der Waals surface area contributed by atoms with Crippen LogP contribution in [0.3, 0.4) is 0 Å². The van der Waals surface area contributed by atoms with Gasteiger partial charge in [-0.1, -0.05) is 59.8 Å². The van der Waals surface area contributed by atoms with E-state index in [0.717, 1.165) is 65.0 Å². The third-order valence-corrected chi connectivity index (χ3v) is 8.76. The maximum absolute atomic E-state index is 13.0. The smallest absolute Gasteiger partial charge is 0.343 e. The van der Waals surface area contributed by atoms with Crippen LogP contribution in [0, 0.1) is 38.5 Å². The average molecular weight is 537 g/mol. The number of ether oxygens (including phenoxy) is 2. The molecule has 1 aliphatic heterocycles. The highest BCUT2D eigenvalue weighted by Crippen LogP contribution is 2.45. The molecule has 0 spiro atoms. The van der Waals surface area contributed by atoms with Gasteiger partial charge >= 0.3 is 5.97 Å². The van der Waals surface area contributed by atoms with E-state index in [2.05, 4.69) is 41.5 Å². The Kier molecular flexibility index (Phi) is 10.4. The van der Waals surface area contributed by atoms with E-state index in [1.165, 1.54) is 38.5 Å². The summed E-state index contributed by atoms with van der Waals surface area (Å²) in [7, 11) is 0. The second-order valence-corrected chi connectivity index (χ2v) is 13.0. The summed E-state index contributed by atoms with van der Waals surface area (Å²) in [6.45, 7) is 17.8. The molecular formula is C34H52N2O3. The number of fused-ring (bicyclic) bond motifs is 1. The van der Waals surface area contributed by atoms with Gasteiger partial charge in [0.2, 0.25) is 0 Å². The third-order valence-electron chi connectivity index (χ3n) is 8.76.